The largest absolute Gasteiger partial charge is 0.266 e. The van der Waals surface area contributed by atoms with Gasteiger partial charge in [-0.05, 0) is 39.7 Å². The van der Waals surface area contributed by atoms with Crippen LogP contribution in [0.4, 0.5) is 0 Å². The Bertz CT molecular complexity index is 803. The Kier molecular flexibility index (Phi) is 5.38. The zero-order valence-corrected chi connectivity index (χ0v) is 14.9. The van der Waals surface area contributed by atoms with Crippen molar-refractivity contribution in [3.63, 3.8) is 0 Å². The summed E-state index contributed by atoms with van der Waals surface area (Å²) in [6.07, 6.45) is 2.85. The number of hydrogen-bond donors (Lipinski definition) is 1. The highest BCUT2D eigenvalue weighted by Crippen LogP contribution is 2.26. The highest BCUT2D eigenvalue weighted by Gasteiger charge is 2.21. The highest BCUT2D eigenvalue weighted by molar-refractivity contribution is 9.10. The van der Waals surface area contributed by atoms with E-state index in [1.165, 1.54) is 12.3 Å². The number of halogens is 4. The Labute approximate surface area is 145 Å². The molecule has 0 saturated heterocycles. The minimum absolute atomic E-state index is 0.0174. The molecule has 21 heavy (non-hydrogen) atoms. The van der Waals surface area contributed by atoms with Gasteiger partial charge in [0.25, 0.3) is 0 Å². The first-order valence-corrected chi connectivity index (χ1v) is 9.10. The smallest absolute Gasteiger partial charge is 0.201 e. The van der Waals surface area contributed by atoms with Gasteiger partial charge in [-0.2, -0.15) is 5.10 Å². The number of rotatable bonds is 4. The first-order valence-electron chi connectivity index (χ1n) is 5.52. The lowest BCUT2D eigenvalue weighted by Gasteiger charge is -2.03. The molecule has 1 heterocycles. The van der Waals surface area contributed by atoms with Crippen molar-refractivity contribution in [1.82, 2.24) is 10.2 Å². The van der Waals surface area contributed by atoms with E-state index in [0.717, 1.165) is 0 Å². The SMILES string of the molecule is O=S(=O)(CC(Cl)=Cc1ccc(Cl)cc1Cl)c1[nH]ncc1Br. The number of aromatic nitrogens is 2. The summed E-state index contributed by atoms with van der Waals surface area (Å²) in [6.45, 7) is 0. The Morgan fingerprint density at radius 1 is 1.38 bits per heavy atom. The van der Waals surface area contributed by atoms with Crippen LogP contribution in [0.3, 0.4) is 0 Å². The summed E-state index contributed by atoms with van der Waals surface area (Å²) in [5.41, 5.74) is 0.588. The van der Waals surface area contributed by atoms with Gasteiger partial charge < -0.3 is 0 Å². The van der Waals surface area contributed by atoms with Crippen LogP contribution in [0.5, 0.6) is 0 Å². The number of nitrogens with zero attached hydrogens (tertiary/aromatic N) is 1. The highest BCUT2D eigenvalue weighted by atomic mass is 79.9. The molecule has 0 radical (unpaired) electrons. The summed E-state index contributed by atoms with van der Waals surface area (Å²) >= 11 is 20.9. The Balaban J connectivity index is 2.27. The van der Waals surface area contributed by atoms with Crippen LogP contribution < -0.4 is 0 Å². The van der Waals surface area contributed by atoms with Gasteiger partial charge in [-0.1, -0.05) is 40.9 Å². The van der Waals surface area contributed by atoms with Crippen molar-refractivity contribution in [3.8, 4) is 0 Å². The summed E-state index contributed by atoms with van der Waals surface area (Å²) in [5, 5.41) is 7.06. The summed E-state index contributed by atoms with van der Waals surface area (Å²) in [4.78, 5) is 0. The lowest BCUT2D eigenvalue weighted by Crippen LogP contribution is -2.08. The molecule has 9 heteroatoms. The molecule has 0 aliphatic carbocycles. The van der Waals surface area contributed by atoms with Crippen LogP contribution in [0, 0.1) is 0 Å². The lowest BCUT2D eigenvalue weighted by atomic mass is 10.2. The quantitative estimate of drug-likeness (QED) is 0.775. The van der Waals surface area contributed by atoms with Crippen LogP contribution in [0.25, 0.3) is 6.08 Å². The first kappa shape index (κ1) is 16.8. The Morgan fingerprint density at radius 2 is 2.10 bits per heavy atom. The molecule has 0 unspecified atom stereocenters. The van der Waals surface area contributed by atoms with Gasteiger partial charge in [-0.25, -0.2) is 8.42 Å². The molecular formula is C12H8BrCl3N2O2S. The second-order valence-electron chi connectivity index (χ2n) is 4.06. The van der Waals surface area contributed by atoms with E-state index in [0.29, 0.717) is 20.1 Å². The molecular weight excluding hydrogens is 422 g/mol. The molecule has 4 nitrogen and oxygen atoms in total. The van der Waals surface area contributed by atoms with Crippen molar-refractivity contribution in [2.75, 3.05) is 5.75 Å². The van der Waals surface area contributed by atoms with E-state index in [-0.39, 0.29) is 15.8 Å². The van der Waals surface area contributed by atoms with Crippen LogP contribution in [0.2, 0.25) is 10.0 Å². The van der Waals surface area contributed by atoms with Gasteiger partial charge in [0, 0.05) is 15.1 Å². The van der Waals surface area contributed by atoms with Crippen molar-refractivity contribution in [2.24, 2.45) is 0 Å². The third-order valence-corrected chi connectivity index (χ3v) is 5.93. The van der Waals surface area contributed by atoms with Crippen molar-refractivity contribution in [1.29, 1.82) is 0 Å². The van der Waals surface area contributed by atoms with Crippen molar-refractivity contribution >= 4 is 66.6 Å². The Hall–Kier alpha value is -0.530. The van der Waals surface area contributed by atoms with E-state index < -0.39 is 9.84 Å². The topological polar surface area (TPSA) is 62.8 Å². The fourth-order valence-corrected chi connectivity index (χ4v) is 4.64. The van der Waals surface area contributed by atoms with E-state index in [1.54, 1.807) is 18.2 Å². The van der Waals surface area contributed by atoms with E-state index in [4.69, 9.17) is 34.8 Å². The third-order valence-electron chi connectivity index (χ3n) is 2.47. The molecule has 0 saturated carbocycles. The summed E-state index contributed by atoms with van der Waals surface area (Å²) in [5.74, 6) is -0.367. The number of H-pyrrole nitrogens is 1. The zero-order valence-electron chi connectivity index (χ0n) is 10.3. The van der Waals surface area contributed by atoms with Crippen LogP contribution >= 0.6 is 50.7 Å². The molecule has 1 aromatic heterocycles. The predicted octanol–water partition coefficient (Wildman–Crippen LogP) is 4.53. The molecule has 0 fully saturated rings. The van der Waals surface area contributed by atoms with Gasteiger partial charge in [0.05, 0.1) is 16.4 Å². The first-order chi connectivity index (χ1) is 9.79. The molecule has 0 spiro atoms. The second-order valence-corrected chi connectivity index (χ2v) is 8.17. The number of benzene rings is 1. The second kappa shape index (κ2) is 6.71. The maximum atomic E-state index is 12.2. The van der Waals surface area contributed by atoms with Crippen LogP contribution in [-0.2, 0) is 9.84 Å². The molecule has 0 bridgehead atoms. The third kappa shape index (κ3) is 4.23. The fraction of sp³-hybridized carbons (Fsp3) is 0.0833. The molecule has 1 aromatic carbocycles. The Morgan fingerprint density at radius 3 is 2.67 bits per heavy atom. The van der Waals surface area contributed by atoms with E-state index >= 15 is 0 Å². The monoisotopic (exact) mass is 428 g/mol. The number of aromatic amines is 1. The maximum Gasteiger partial charge on any atom is 0.201 e. The zero-order chi connectivity index (χ0) is 15.6. The lowest BCUT2D eigenvalue weighted by molar-refractivity contribution is 0.594. The standard InChI is InChI=1S/C12H8BrCl3N2O2S/c13-10-5-17-18-12(10)21(19,20)6-9(15)3-7-1-2-8(14)4-11(7)16/h1-5H,6H2,(H,17,18). The minimum Gasteiger partial charge on any atom is -0.266 e. The fourth-order valence-electron chi connectivity index (χ4n) is 1.56. The minimum atomic E-state index is -3.62. The number of hydrogen-bond acceptors (Lipinski definition) is 3. The average Bonchev–Trinajstić information content (AvgIpc) is 2.79. The van der Waals surface area contributed by atoms with Gasteiger partial charge >= 0.3 is 0 Å². The maximum absolute atomic E-state index is 12.2. The van der Waals surface area contributed by atoms with Gasteiger partial charge in [-0.3, -0.25) is 5.10 Å². The molecule has 2 aromatic rings. The van der Waals surface area contributed by atoms with Crippen molar-refractivity contribution < 1.29 is 8.42 Å². The van der Waals surface area contributed by atoms with Crippen LogP contribution in [0.15, 0.2) is 38.9 Å². The van der Waals surface area contributed by atoms with Gasteiger partial charge in [0.2, 0.25) is 9.84 Å². The molecule has 0 atom stereocenters. The number of nitrogens with one attached hydrogen (secondary N) is 1. The average molecular weight is 431 g/mol. The van der Waals surface area contributed by atoms with Gasteiger partial charge in [0.15, 0.2) is 5.03 Å². The van der Waals surface area contributed by atoms with E-state index in [1.807, 2.05) is 0 Å². The number of sulfone groups is 1. The summed E-state index contributed by atoms with van der Waals surface area (Å²) < 4.78 is 24.7. The van der Waals surface area contributed by atoms with E-state index in [9.17, 15) is 8.42 Å². The van der Waals surface area contributed by atoms with E-state index in [2.05, 4.69) is 26.1 Å². The van der Waals surface area contributed by atoms with Gasteiger partial charge in [-0.15, -0.1) is 0 Å². The molecule has 112 valence electrons. The van der Waals surface area contributed by atoms with Crippen molar-refractivity contribution in [3.05, 3.63) is 49.5 Å². The van der Waals surface area contributed by atoms with Crippen LogP contribution in [-0.4, -0.2) is 24.4 Å². The van der Waals surface area contributed by atoms with Crippen molar-refractivity contribution in [2.45, 2.75) is 5.03 Å². The molecule has 0 amide bonds. The normalized spacial score (nSPS) is 12.7. The molecule has 1 N–H and O–H groups in total. The molecule has 0 aliphatic heterocycles. The van der Waals surface area contributed by atoms with Gasteiger partial charge in [0.1, 0.15) is 0 Å². The molecule has 0 aliphatic rings. The molecule has 2 rings (SSSR count). The van der Waals surface area contributed by atoms with Crippen LogP contribution in [0.1, 0.15) is 5.56 Å². The summed E-state index contributed by atoms with van der Waals surface area (Å²) in [7, 11) is -3.62. The predicted molar refractivity (Wildman–Crippen MR) is 88.6 cm³/mol. The summed E-state index contributed by atoms with van der Waals surface area (Å²) in [6, 6.07) is 4.86.